The Hall–Kier alpha value is -1.11. The molecule has 0 aromatic heterocycles. The summed E-state index contributed by atoms with van der Waals surface area (Å²) in [7, 11) is -1.64. The van der Waals surface area contributed by atoms with E-state index in [-0.39, 0.29) is 4.90 Å². The number of hydrogen-bond acceptors (Lipinski definition) is 4. The minimum Gasteiger partial charge on any atom is -0.369 e. The van der Waals surface area contributed by atoms with Gasteiger partial charge in [0.1, 0.15) is 0 Å². The maximum Gasteiger partial charge on any atom is 0.238 e. The van der Waals surface area contributed by atoms with Crippen molar-refractivity contribution in [2.75, 3.05) is 25.0 Å². The highest BCUT2D eigenvalue weighted by Crippen LogP contribution is 2.27. The van der Waals surface area contributed by atoms with Gasteiger partial charge in [-0.1, -0.05) is 0 Å². The van der Waals surface area contributed by atoms with Gasteiger partial charge in [0, 0.05) is 18.3 Å². The number of piperidine rings is 1. The van der Waals surface area contributed by atoms with Gasteiger partial charge in [0.25, 0.3) is 0 Å². The van der Waals surface area contributed by atoms with E-state index in [1.54, 1.807) is 12.1 Å². The molecule has 1 aliphatic heterocycles. The van der Waals surface area contributed by atoms with E-state index >= 15 is 0 Å². The lowest BCUT2D eigenvalue weighted by atomic mass is 9.98. The van der Waals surface area contributed by atoms with Gasteiger partial charge >= 0.3 is 0 Å². The number of sulfonamides is 1. The van der Waals surface area contributed by atoms with Crippen molar-refractivity contribution in [1.82, 2.24) is 5.32 Å². The summed E-state index contributed by atoms with van der Waals surface area (Å²) in [5.74, 6) is 0. The molecule has 1 heterocycles. The minimum absolute atomic E-state index is 0.171. The molecule has 0 saturated carbocycles. The van der Waals surface area contributed by atoms with E-state index in [1.165, 1.54) is 19.3 Å². The normalized spacial score (nSPS) is 20.1. The van der Waals surface area contributed by atoms with Crippen LogP contribution in [0.15, 0.2) is 29.2 Å². The zero-order valence-corrected chi connectivity index (χ0v) is 12.7. The first-order valence-corrected chi connectivity index (χ1v) is 8.61. The summed E-state index contributed by atoms with van der Waals surface area (Å²) < 4.78 is 22.6. The number of nitrogens with two attached hydrogens (primary N) is 1. The molecule has 112 valence electrons. The highest BCUT2D eigenvalue weighted by Gasteiger charge is 2.22. The second kappa shape index (κ2) is 6.56. The summed E-state index contributed by atoms with van der Waals surface area (Å²) in [6, 6.07) is 7.43. The third-order valence-corrected chi connectivity index (χ3v) is 4.78. The van der Waals surface area contributed by atoms with Gasteiger partial charge in [-0.25, -0.2) is 13.6 Å². The highest BCUT2D eigenvalue weighted by atomic mass is 32.2. The van der Waals surface area contributed by atoms with Crippen LogP contribution in [-0.4, -0.2) is 34.6 Å². The van der Waals surface area contributed by atoms with E-state index < -0.39 is 10.0 Å². The quantitative estimate of drug-likeness (QED) is 0.859. The van der Waals surface area contributed by atoms with Crippen molar-refractivity contribution in [2.45, 2.75) is 36.6 Å². The van der Waals surface area contributed by atoms with Gasteiger partial charge in [-0.2, -0.15) is 0 Å². The molecule has 1 unspecified atom stereocenters. The molecule has 5 nitrogen and oxygen atoms in total. The van der Waals surface area contributed by atoms with Crippen molar-refractivity contribution < 1.29 is 8.42 Å². The van der Waals surface area contributed by atoms with Crippen LogP contribution in [0.25, 0.3) is 0 Å². The number of primary sulfonamides is 1. The lowest BCUT2D eigenvalue weighted by Crippen LogP contribution is -2.41. The molecule has 0 aliphatic carbocycles. The van der Waals surface area contributed by atoms with Gasteiger partial charge in [-0.15, -0.1) is 0 Å². The van der Waals surface area contributed by atoms with Crippen LogP contribution in [0.3, 0.4) is 0 Å². The van der Waals surface area contributed by atoms with Crippen molar-refractivity contribution >= 4 is 15.7 Å². The average Bonchev–Trinajstić information content (AvgIpc) is 2.45. The van der Waals surface area contributed by atoms with Crippen molar-refractivity contribution in [3.05, 3.63) is 24.3 Å². The minimum atomic E-state index is -3.61. The smallest absolute Gasteiger partial charge is 0.238 e. The van der Waals surface area contributed by atoms with Gasteiger partial charge < -0.3 is 10.2 Å². The predicted molar refractivity (Wildman–Crippen MR) is 81.3 cm³/mol. The van der Waals surface area contributed by atoms with Gasteiger partial charge in [0.05, 0.1) is 4.90 Å². The molecular formula is C14H23N3O2S. The number of nitrogens with one attached hydrogen (secondary N) is 1. The Labute approximate surface area is 121 Å². The van der Waals surface area contributed by atoms with Crippen molar-refractivity contribution in [3.63, 3.8) is 0 Å². The fraction of sp³-hybridized carbons (Fsp3) is 0.571. The Morgan fingerprint density at radius 3 is 2.60 bits per heavy atom. The Kier molecular flexibility index (Phi) is 5.01. The molecule has 6 heteroatoms. The van der Waals surface area contributed by atoms with Crippen molar-refractivity contribution in [2.24, 2.45) is 5.14 Å². The molecule has 0 bridgehead atoms. The number of nitrogens with zero attached hydrogens (tertiary/aromatic N) is 1. The molecule has 0 spiro atoms. The largest absolute Gasteiger partial charge is 0.369 e. The molecule has 0 amide bonds. The molecule has 1 aliphatic rings. The lowest BCUT2D eigenvalue weighted by Gasteiger charge is -2.37. The van der Waals surface area contributed by atoms with E-state index in [1.807, 2.05) is 19.2 Å². The zero-order chi connectivity index (χ0) is 14.6. The van der Waals surface area contributed by atoms with E-state index in [2.05, 4.69) is 10.2 Å². The molecule has 20 heavy (non-hydrogen) atoms. The van der Waals surface area contributed by atoms with Crippen molar-refractivity contribution in [3.8, 4) is 0 Å². The van der Waals surface area contributed by atoms with Crippen LogP contribution < -0.4 is 15.4 Å². The fourth-order valence-electron chi connectivity index (χ4n) is 2.78. The summed E-state index contributed by atoms with van der Waals surface area (Å²) in [6.45, 7) is 2.03. The highest BCUT2D eigenvalue weighted by molar-refractivity contribution is 7.89. The third-order valence-electron chi connectivity index (χ3n) is 3.85. The van der Waals surface area contributed by atoms with E-state index in [0.717, 1.165) is 25.2 Å². The summed E-state index contributed by atoms with van der Waals surface area (Å²) >= 11 is 0. The first kappa shape index (κ1) is 15.3. The van der Waals surface area contributed by atoms with E-state index in [4.69, 9.17) is 5.14 Å². The third kappa shape index (κ3) is 3.71. The van der Waals surface area contributed by atoms with Crippen LogP contribution in [0.5, 0.6) is 0 Å². The average molecular weight is 297 g/mol. The summed E-state index contributed by atoms with van der Waals surface area (Å²) in [5, 5.41) is 8.32. The van der Waals surface area contributed by atoms with Crippen LogP contribution in [0.1, 0.15) is 25.7 Å². The summed E-state index contributed by atoms with van der Waals surface area (Å²) in [6.07, 6.45) is 4.75. The van der Waals surface area contributed by atoms with Gasteiger partial charge in [0.15, 0.2) is 0 Å². The van der Waals surface area contributed by atoms with Crippen LogP contribution in [-0.2, 0) is 10.0 Å². The first-order valence-electron chi connectivity index (χ1n) is 7.06. The van der Waals surface area contributed by atoms with Crippen molar-refractivity contribution in [1.29, 1.82) is 0 Å². The molecule has 0 radical (unpaired) electrons. The molecule has 1 atom stereocenters. The van der Waals surface area contributed by atoms with Crippen LogP contribution in [0, 0.1) is 0 Å². The number of anilines is 1. The Morgan fingerprint density at radius 1 is 1.30 bits per heavy atom. The van der Waals surface area contributed by atoms with Crippen LogP contribution in [0.2, 0.25) is 0 Å². The van der Waals surface area contributed by atoms with E-state index in [9.17, 15) is 8.42 Å². The van der Waals surface area contributed by atoms with Gasteiger partial charge in [0.2, 0.25) is 10.0 Å². The molecular weight excluding hydrogens is 274 g/mol. The number of hydrogen-bond donors (Lipinski definition) is 2. The number of rotatable bonds is 5. The molecule has 1 aromatic carbocycles. The lowest BCUT2D eigenvalue weighted by molar-refractivity contribution is 0.433. The van der Waals surface area contributed by atoms with Crippen LogP contribution in [0.4, 0.5) is 5.69 Å². The molecule has 2 rings (SSSR count). The monoisotopic (exact) mass is 297 g/mol. The summed E-state index contributed by atoms with van der Waals surface area (Å²) in [4.78, 5) is 2.55. The van der Waals surface area contributed by atoms with Crippen LogP contribution >= 0.6 is 0 Å². The molecule has 3 N–H and O–H groups in total. The molecule has 1 aromatic rings. The second-order valence-electron chi connectivity index (χ2n) is 5.27. The topological polar surface area (TPSA) is 75.4 Å². The Bertz CT molecular complexity index is 528. The van der Waals surface area contributed by atoms with Gasteiger partial charge in [-0.05, 0) is 63.5 Å². The first-order chi connectivity index (χ1) is 9.52. The summed E-state index contributed by atoms with van der Waals surface area (Å²) in [5.41, 5.74) is 1.08. The second-order valence-corrected chi connectivity index (χ2v) is 6.84. The van der Waals surface area contributed by atoms with Gasteiger partial charge in [-0.3, -0.25) is 0 Å². The SMILES string of the molecule is CNCCC1CCCCN1c1ccc(S(N)(=O)=O)cc1. The Morgan fingerprint density at radius 2 is 2.00 bits per heavy atom. The predicted octanol–water partition coefficient (Wildman–Crippen LogP) is 1.30. The Balaban J connectivity index is 2.15. The van der Waals surface area contributed by atoms with E-state index in [0.29, 0.717) is 6.04 Å². The standard InChI is InChI=1S/C14H23N3O2S/c1-16-10-9-12-4-2-3-11-17(12)13-5-7-14(8-6-13)20(15,18)19/h5-8,12,16H,2-4,9-11H2,1H3,(H2,15,18,19). The zero-order valence-electron chi connectivity index (χ0n) is 11.9. The molecule has 1 fully saturated rings. The maximum absolute atomic E-state index is 11.3. The maximum atomic E-state index is 11.3. The number of benzene rings is 1. The fourth-order valence-corrected chi connectivity index (χ4v) is 3.29. The molecule has 1 saturated heterocycles.